The molecule has 0 spiro atoms. The highest BCUT2D eigenvalue weighted by atomic mass is 16.5. The zero-order valence-corrected chi connectivity index (χ0v) is 15.1. The van der Waals surface area contributed by atoms with E-state index in [2.05, 4.69) is 25.8 Å². The summed E-state index contributed by atoms with van der Waals surface area (Å²) in [6.45, 7) is 1.08. The maximum absolute atomic E-state index is 11.9. The molecular formula is C19H20N6O3. The molecule has 3 aromatic rings. The van der Waals surface area contributed by atoms with Gasteiger partial charge in [-0.05, 0) is 42.0 Å². The van der Waals surface area contributed by atoms with Crippen molar-refractivity contribution in [3.8, 4) is 5.75 Å². The molecule has 1 amide bonds. The molecule has 9 nitrogen and oxygen atoms in total. The summed E-state index contributed by atoms with van der Waals surface area (Å²) in [6, 6.07) is 10.6. The quantitative estimate of drug-likeness (QED) is 0.329. The maximum Gasteiger partial charge on any atom is 0.271 e. The monoisotopic (exact) mass is 380 g/mol. The van der Waals surface area contributed by atoms with E-state index >= 15 is 0 Å². The van der Waals surface area contributed by atoms with Crippen LogP contribution >= 0.6 is 0 Å². The molecule has 0 aliphatic rings. The van der Waals surface area contributed by atoms with Gasteiger partial charge in [0.25, 0.3) is 5.91 Å². The molecule has 0 unspecified atom stereocenters. The number of hydrogen-bond donors (Lipinski definition) is 2. The fourth-order valence-electron chi connectivity index (χ4n) is 2.32. The Hall–Kier alpha value is -3.59. The number of ether oxygens (including phenoxy) is 1. The number of benzene rings is 1. The molecular weight excluding hydrogens is 360 g/mol. The second-order valence-electron chi connectivity index (χ2n) is 5.84. The third kappa shape index (κ3) is 5.71. The van der Waals surface area contributed by atoms with Gasteiger partial charge in [0.2, 0.25) is 0 Å². The van der Waals surface area contributed by atoms with Crippen molar-refractivity contribution in [1.82, 2.24) is 25.4 Å². The van der Waals surface area contributed by atoms with Gasteiger partial charge >= 0.3 is 0 Å². The Morgan fingerprint density at radius 2 is 2.00 bits per heavy atom. The Morgan fingerprint density at radius 3 is 2.71 bits per heavy atom. The van der Waals surface area contributed by atoms with Crippen LogP contribution in [-0.2, 0) is 13.2 Å². The van der Waals surface area contributed by atoms with Crippen molar-refractivity contribution in [1.29, 1.82) is 0 Å². The van der Waals surface area contributed by atoms with Crippen molar-refractivity contribution in [2.45, 2.75) is 19.6 Å². The first kappa shape index (κ1) is 19.2. The number of pyridine rings is 1. The lowest BCUT2D eigenvalue weighted by molar-refractivity contribution is 0.0955. The lowest BCUT2D eigenvalue weighted by Crippen LogP contribution is -2.17. The number of aromatic nitrogens is 4. The Bertz CT molecular complexity index is 909. The molecule has 0 radical (unpaired) electrons. The van der Waals surface area contributed by atoms with Gasteiger partial charge in [0.1, 0.15) is 11.4 Å². The minimum absolute atomic E-state index is 0.112. The predicted octanol–water partition coefficient (Wildman–Crippen LogP) is 1.40. The van der Waals surface area contributed by atoms with Crippen LogP contribution < -0.4 is 10.2 Å². The number of aliphatic hydroxyl groups excluding tert-OH is 1. The van der Waals surface area contributed by atoms with Gasteiger partial charge in [-0.15, -0.1) is 5.10 Å². The van der Waals surface area contributed by atoms with E-state index in [4.69, 9.17) is 9.84 Å². The molecule has 0 fully saturated rings. The average molecular weight is 380 g/mol. The van der Waals surface area contributed by atoms with Crippen LogP contribution in [0.2, 0.25) is 0 Å². The van der Waals surface area contributed by atoms with Crippen molar-refractivity contribution in [2.75, 3.05) is 6.61 Å². The lowest BCUT2D eigenvalue weighted by atomic mass is 10.2. The number of nitrogens with zero attached hydrogens (tertiary/aromatic N) is 5. The van der Waals surface area contributed by atoms with Gasteiger partial charge in [-0.25, -0.2) is 5.43 Å². The Kier molecular flexibility index (Phi) is 6.80. The highest BCUT2D eigenvalue weighted by molar-refractivity contribution is 5.94. The molecule has 2 heterocycles. The van der Waals surface area contributed by atoms with E-state index in [-0.39, 0.29) is 12.5 Å². The minimum Gasteiger partial charge on any atom is -0.494 e. The molecule has 0 bridgehead atoms. The number of amides is 1. The van der Waals surface area contributed by atoms with Crippen LogP contribution in [0.15, 0.2) is 60.1 Å². The molecule has 28 heavy (non-hydrogen) atoms. The zero-order valence-electron chi connectivity index (χ0n) is 15.1. The summed E-state index contributed by atoms with van der Waals surface area (Å²) >= 11 is 0. The topological polar surface area (TPSA) is 115 Å². The molecule has 3 rings (SSSR count). The van der Waals surface area contributed by atoms with Crippen LogP contribution in [-0.4, -0.2) is 43.8 Å². The standard InChI is InChI=1S/C19H20N6O3/c26-14-17-13-25(24-22-17)10-1-11-28-18-4-2-15(3-5-18)12-21-23-19(27)16-6-8-20-9-7-16/h2-9,12-13,26H,1,10-11,14H2,(H,23,27)/b21-12+. The van der Waals surface area contributed by atoms with Gasteiger partial charge in [0, 0.05) is 30.9 Å². The zero-order chi connectivity index (χ0) is 19.6. The van der Waals surface area contributed by atoms with Gasteiger partial charge in [-0.1, -0.05) is 5.21 Å². The largest absolute Gasteiger partial charge is 0.494 e. The SMILES string of the molecule is O=C(N/N=C/c1ccc(OCCCn2cc(CO)nn2)cc1)c1ccncc1. The van der Waals surface area contributed by atoms with Crippen LogP contribution in [0.3, 0.4) is 0 Å². The number of carbonyl (C=O) groups excluding carboxylic acids is 1. The first-order chi connectivity index (χ1) is 13.7. The Morgan fingerprint density at radius 1 is 1.21 bits per heavy atom. The third-order valence-electron chi connectivity index (χ3n) is 3.75. The summed E-state index contributed by atoms with van der Waals surface area (Å²) in [7, 11) is 0. The van der Waals surface area contributed by atoms with Crippen LogP contribution in [0.1, 0.15) is 28.0 Å². The highest BCUT2D eigenvalue weighted by Gasteiger charge is 2.02. The summed E-state index contributed by atoms with van der Waals surface area (Å²) in [6.07, 6.45) is 7.14. The van der Waals surface area contributed by atoms with Crippen molar-refractivity contribution in [2.24, 2.45) is 5.10 Å². The average Bonchev–Trinajstić information content (AvgIpc) is 3.21. The maximum atomic E-state index is 11.9. The van der Waals surface area contributed by atoms with Gasteiger partial charge in [-0.3, -0.25) is 14.5 Å². The van der Waals surface area contributed by atoms with E-state index in [1.54, 1.807) is 41.6 Å². The number of hydrogen-bond acceptors (Lipinski definition) is 7. The van der Waals surface area contributed by atoms with Gasteiger partial charge in [-0.2, -0.15) is 5.10 Å². The summed E-state index contributed by atoms with van der Waals surface area (Å²) in [4.78, 5) is 15.7. The fraction of sp³-hybridized carbons (Fsp3) is 0.211. The van der Waals surface area contributed by atoms with E-state index in [0.717, 1.165) is 17.7 Å². The molecule has 0 saturated heterocycles. The molecule has 1 aromatic carbocycles. The van der Waals surface area contributed by atoms with Crippen LogP contribution in [0.5, 0.6) is 5.75 Å². The normalized spacial score (nSPS) is 10.9. The van der Waals surface area contributed by atoms with E-state index in [0.29, 0.717) is 24.4 Å². The van der Waals surface area contributed by atoms with E-state index < -0.39 is 0 Å². The number of rotatable bonds is 9. The number of aryl methyl sites for hydroxylation is 1. The Labute approximate surface area is 161 Å². The molecule has 2 aromatic heterocycles. The molecule has 144 valence electrons. The van der Waals surface area contributed by atoms with E-state index in [1.807, 2.05) is 24.3 Å². The van der Waals surface area contributed by atoms with Crippen molar-refractivity contribution in [3.05, 3.63) is 71.8 Å². The smallest absolute Gasteiger partial charge is 0.271 e. The lowest BCUT2D eigenvalue weighted by Gasteiger charge is -2.06. The second-order valence-corrected chi connectivity index (χ2v) is 5.84. The number of aliphatic hydroxyl groups is 1. The number of nitrogens with one attached hydrogen (secondary N) is 1. The van der Waals surface area contributed by atoms with Crippen molar-refractivity contribution >= 4 is 12.1 Å². The molecule has 0 aliphatic heterocycles. The molecule has 0 atom stereocenters. The summed E-state index contributed by atoms with van der Waals surface area (Å²) in [5, 5.41) is 20.6. The second kappa shape index (κ2) is 9.93. The van der Waals surface area contributed by atoms with Gasteiger partial charge < -0.3 is 9.84 Å². The van der Waals surface area contributed by atoms with Gasteiger partial charge in [0.05, 0.1) is 25.6 Å². The van der Waals surface area contributed by atoms with Crippen LogP contribution in [0.4, 0.5) is 0 Å². The fourth-order valence-corrected chi connectivity index (χ4v) is 2.32. The molecule has 2 N–H and O–H groups in total. The molecule has 0 saturated carbocycles. The summed E-state index contributed by atoms with van der Waals surface area (Å²) < 4.78 is 7.36. The van der Waals surface area contributed by atoms with Crippen LogP contribution in [0, 0.1) is 0 Å². The minimum atomic E-state index is -0.294. The molecule has 9 heteroatoms. The number of hydrazone groups is 1. The predicted molar refractivity (Wildman–Crippen MR) is 102 cm³/mol. The van der Waals surface area contributed by atoms with Crippen molar-refractivity contribution < 1.29 is 14.6 Å². The van der Waals surface area contributed by atoms with Crippen molar-refractivity contribution in [3.63, 3.8) is 0 Å². The first-order valence-corrected chi connectivity index (χ1v) is 8.71. The summed E-state index contributed by atoms with van der Waals surface area (Å²) in [5.74, 6) is 0.449. The molecule has 0 aliphatic carbocycles. The van der Waals surface area contributed by atoms with Gasteiger partial charge in [0.15, 0.2) is 0 Å². The number of carbonyl (C=O) groups is 1. The van der Waals surface area contributed by atoms with Crippen LogP contribution in [0.25, 0.3) is 0 Å². The Balaban J connectivity index is 1.40. The summed E-state index contributed by atoms with van der Waals surface area (Å²) in [5.41, 5.74) is 4.35. The van der Waals surface area contributed by atoms with E-state index in [1.165, 1.54) is 0 Å². The van der Waals surface area contributed by atoms with E-state index in [9.17, 15) is 4.79 Å². The highest BCUT2D eigenvalue weighted by Crippen LogP contribution is 2.11. The first-order valence-electron chi connectivity index (χ1n) is 8.71. The third-order valence-corrected chi connectivity index (χ3v) is 3.75.